The molecule has 2 aromatic heterocycles. The van der Waals surface area contributed by atoms with Gasteiger partial charge in [-0.1, -0.05) is 13.3 Å². The first kappa shape index (κ1) is 17.3. The zero-order chi connectivity index (χ0) is 17.3. The van der Waals surface area contributed by atoms with Crippen molar-refractivity contribution in [2.45, 2.75) is 52.7 Å². The number of hydrogen-bond donors (Lipinski definition) is 2. The SMILES string of the molecule is CCC[C@@]1(CO)CN(Cc2cnn3c(C)cc(C)nc23)CC[C@@H]1O. The number of aliphatic hydroxyl groups excluding tert-OH is 2. The quantitative estimate of drug-likeness (QED) is 0.872. The summed E-state index contributed by atoms with van der Waals surface area (Å²) < 4.78 is 1.88. The molecule has 2 aromatic rings. The Balaban J connectivity index is 1.84. The van der Waals surface area contributed by atoms with Gasteiger partial charge < -0.3 is 10.2 Å². The molecule has 1 aliphatic heterocycles. The smallest absolute Gasteiger partial charge is 0.159 e. The molecule has 0 aliphatic carbocycles. The van der Waals surface area contributed by atoms with Gasteiger partial charge in [0.15, 0.2) is 5.65 Å². The Hall–Kier alpha value is -1.50. The molecule has 0 amide bonds. The Morgan fingerprint density at radius 1 is 1.38 bits per heavy atom. The van der Waals surface area contributed by atoms with E-state index in [1.807, 2.05) is 30.6 Å². The highest BCUT2D eigenvalue weighted by Gasteiger charge is 2.41. The van der Waals surface area contributed by atoms with Crippen LogP contribution in [0, 0.1) is 19.3 Å². The van der Waals surface area contributed by atoms with E-state index in [0.29, 0.717) is 13.0 Å². The summed E-state index contributed by atoms with van der Waals surface area (Å²) in [6.45, 7) is 8.45. The van der Waals surface area contributed by atoms with Crippen LogP contribution in [0.1, 0.15) is 43.1 Å². The summed E-state index contributed by atoms with van der Waals surface area (Å²) in [7, 11) is 0. The molecule has 3 rings (SSSR count). The van der Waals surface area contributed by atoms with Gasteiger partial charge in [0.1, 0.15) is 0 Å². The van der Waals surface area contributed by atoms with Gasteiger partial charge in [0.05, 0.1) is 18.9 Å². The van der Waals surface area contributed by atoms with Gasteiger partial charge in [-0.15, -0.1) is 0 Å². The summed E-state index contributed by atoms with van der Waals surface area (Å²) in [5.74, 6) is 0. The fourth-order valence-corrected chi connectivity index (χ4v) is 4.02. The van der Waals surface area contributed by atoms with E-state index in [4.69, 9.17) is 0 Å². The maximum absolute atomic E-state index is 10.4. The van der Waals surface area contributed by atoms with Crippen LogP contribution >= 0.6 is 0 Å². The van der Waals surface area contributed by atoms with Crippen molar-refractivity contribution >= 4 is 5.65 Å². The highest BCUT2D eigenvalue weighted by Crippen LogP contribution is 2.35. The van der Waals surface area contributed by atoms with Crippen molar-refractivity contribution in [2.24, 2.45) is 5.41 Å². The van der Waals surface area contributed by atoms with Gasteiger partial charge in [-0.05, 0) is 32.8 Å². The number of piperidine rings is 1. The van der Waals surface area contributed by atoms with Crippen LogP contribution in [-0.2, 0) is 6.54 Å². The molecule has 0 spiro atoms. The average Bonchev–Trinajstić information content (AvgIpc) is 2.94. The minimum Gasteiger partial charge on any atom is -0.396 e. The maximum atomic E-state index is 10.4. The van der Waals surface area contributed by atoms with Crippen molar-refractivity contribution in [1.82, 2.24) is 19.5 Å². The van der Waals surface area contributed by atoms with Crippen molar-refractivity contribution in [3.63, 3.8) is 0 Å². The molecular weight excluding hydrogens is 304 g/mol. The molecule has 1 saturated heterocycles. The third kappa shape index (κ3) is 3.06. The first-order chi connectivity index (χ1) is 11.5. The summed E-state index contributed by atoms with van der Waals surface area (Å²) in [5.41, 5.74) is 3.67. The predicted octanol–water partition coefficient (Wildman–Crippen LogP) is 1.69. The zero-order valence-electron chi connectivity index (χ0n) is 14.9. The third-order valence-corrected chi connectivity index (χ3v) is 5.27. The van der Waals surface area contributed by atoms with Gasteiger partial charge in [0.2, 0.25) is 0 Å². The van der Waals surface area contributed by atoms with Crippen LogP contribution in [0.4, 0.5) is 0 Å². The van der Waals surface area contributed by atoms with E-state index in [0.717, 1.165) is 48.5 Å². The van der Waals surface area contributed by atoms with Gasteiger partial charge in [-0.3, -0.25) is 4.90 Å². The molecule has 6 nitrogen and oxygen atoms in total. The van der Waals surface area contributed by atoms with Crippen LogP contribution in [0.15, 0.2) is 12.3 Å². The summed E-state index contributed by atoms with van der Waals surface area (Å²) >= 11 is 0. The Bertz CT molecular complexity index is 714. The molecular formula is C18H28N4O2. The second kappa shape index (κ2) is 6.78. The summed E-state index contributed by atoms with van der Waals surface area (Å²) in [5, 5.41) is 24.8. The summed E-state index contributed by atoms with van der Waals surface area (Å²) in [6.07, 6.45) is 3.96. The third-order valence-electron chi connectivity index (χ3n) is 5.27. The van der Waals surface area contributed by atoms with Crippen LogP contribution in [0.3, 0.4) is 0 Å². The van der Waals surface area contributed by atoms with E-state index in [-0.39, 0.29) is 6.61 Å². The van der Waals surface area contributed by atoms with E-state index < -0.39 is 11.5 Å². The van der Waals surface area contributed by atoms with Gasteiger partial charge in [-0.25, -0.2) is 9.50 Å². The zero-order valence-corrected chi connectivity index (χ0v) is 14.9. The Morgan fingerprint density at radius 3 is 2.88 bits per heavy atom. The second-order valence-corrected chi connectivity index (χ2v) is 7.23. The molecule has 0 saturated carbocycles. The lowest BCUT2D eigenvalue weighted by molar-refractivity contribution is -0.0819. The van der Waals surface area contributed by atoms with Crippen molar-refractivity contribution in [3.05, 3.63) is 29.2 Å². The highest BCUT2D eigenvalue weighted by molar-refractivity contribution is 5.47. The van der Waals surface area contributed by atoms with Gasteiger partial charge in [0.25, 0.3) is 0 Å². The first-order valence-corrected chi connectivity index (χ1v) is 8.81. The lowest BCUT2D eigenvalue weighted by Crippen LogP contribution is -2.53. The van der Waals surface area contributed by atoms with E-state index in [1.165, 1.54) is 0 Å². The van der Waals surface area contributed by atoms with E-state index >= 15 is 0 Å². The van der Waals surface area contributed by atoms with Gasteiger partial charge in [0, 0.05) is 42.0 Å². The van der Waals surface area contributed by atoms with Crippen LogP contribution in [0.5, 0.6) is 0 Å². The number of aryl methyl sites for hydroxylation is 2. The van der Waals surface area contributed by atoms with Crippen molar-refractivity contribution in [3.8, 4) is 0 Å². The largest absolute Gasteiger partial charge is 0.396 e. The molecule has 0 radical (unpaired) electrons. The predicted molar refractivity (Wildman–Crippen MR) is 92.8 cm³/mol. The number of aromatic nitrogens is 3. The van der Waals surface area contributed by atoms with E-state index in [1.54, 1.807) is 0 Å². The van der Waals surface area contributed by atoms with Crippen molar-refractivity contribution < 1.29 is 10.2 Å². The lowest BCUT2D eigenvalue weighted by atomic mass is 9.74. The molecule has 0 unspecified atom stereocenters. The minimum atomic E-state index is -0.426. The molecule has 3 heterocycles. The fraction of sp³-hybridized carbons (Fsp3) is 0.667. The Kier molecular flexibility index (Phi) is 4.90. The number of fused-ring (bicyclic) bond motifs is 1. The topological polar surface area (TPSA) is 73.9 Å². The minimum absolute atomic E-state index is 0.0315. The molecule has 2 N–H and O–H groups in total. The number of hydrogen-bond acceptors (Lipinski definition) is 5. The lowest BCUT2D eigenvalue weighted by Gasteiger charge is -2.45. The van der Waals surface area contributed by atoms with Gasteiger partial charge >= 0.3 is 0 Å². The average molecular weight is 332 g/mol. The van der Waals surface area contributed by atoms with Crippen molar-refractivity contribution in [1.29, 1.82) is 0 Å². The summed E-state index contributed by atoms with van der Waals surface area (Å²) in [4.78, 5) is 6.96. The molecule has 2 atom stereocenters. The molecule has 0 bridgehead atoms. The van der Waals surface area contributed by atoms with Crippen molar-refractivity contribution in [2.75, 3.05) is 19.7 Å². The fourth-order valence-electron chi connectivity index (χ4n) is 4.02. The number of nitrogens with zero attached hydrogens (tertiary/aromatic N) is 4. The first-order valence-electron chi connectivity index (χ1n) is 8.81. The maximum Gasteiger partial charge on any atom is 0.159 e. The molecule has 24 heavy (non-hydrogen) atoms. The van der Waals surface area contributed by atoms with Gasteiger partial charge in [-0.2, -0.15) is 5.10 Å². The molecule has 132 valence electrons. The number of aliphatic hydroxyl groups is 2. The Labute approximate surface area is 143 Å². The molecule has 6 heteroatoms. The number of rotatable bonds is 5. The molecule has 1 aliphatic rings. The Morgan fingerprint density at radius 2 is 2.17 bits per heavy atom. The number of likely N-dealkylation sites (tertiary alicyclic amines) is 1. The highest BCUT2D eigenvalue weighted by atomic mass is 16.3. The van der Waals surface area contributed by atoms with E-state index in [9.17, 15) is 10.2 Å². The van der Waals surface area contributed by atoms with Crippen LogP contribution < -0.4 is 0 Å². The summed E-state index contributed by atoms with van der Waals surface area (Å²) in [6, 6.07) is 2.03. The van der Waals surface area contributed by atoms with Crippen LogP contribution in [-0.4, -0.2) is 55.5 Å². The normalized spacial score (nSPS) is 25.5. The standard InChI is InChI=1S/C18H28N4O2/c1-4-6-18(12-23)11-21(7-5-16(18)24)10-15-9-19-22-14(3)8-13(2)20-17(15)22/h8-9,16,23-24H,4-7,10-12H2,1-3H3/t16-,18-/m0/s1. The molecule has 0 aromatic carbocycles. The monoisotopic (exact) mass is 332 g/mol. The second-order valence-electron chi connectivity index (χ2n) is 7.23. The van der Waals surface area contributed by atoms with E-state index in [2.05, 4.69) is 21.9 Å². The molecule has 1 fully saturated rings. The van der Waals surface area contributed by atoms with Crippen LogP contribution in [0.25, 0.3) is 5.65 Å². The van der Waals surface area contributed by atoms with Crippen LogP contribution in [0.2, 0.25) is 0 Å².